The van der Waals surface area contributed by atoms with Crippen molar-refractivity contribution in [3.63, 3.8) is 0 Å². The van der Waals surface area contributed by atoms with Gasteiger partial charge >= 0.3 is 0 Å². The van der Waals surface area contributed by atoms with E-state index < -0.39 is 10.0 Å². The van der Waals surface area contributed by atoms with Crippen LogP contribution in [0.4, 0.5) is 5.69 Å². The fraction of sp³-hybridized carbons (Fsp3) is 0.600. The van der Waals surface area contributed by atoms with Gasteiger partial charge in [0.05, 0.1) is 4.90 Å². The number of fused-ring (bicyclic) bond motifs is 1. The van der Waals surface area contributed by atoms with Crippen LogP contribution in [0, 0.1) is 5.92 Å². The summed E-state index contributed by atoms with van der Waals surface area (Å²) in [5.74, 6) is 0.587. The highest BCUT2D eigenvalue weighted by Gasteiger charge is 2.30. The van der Waals surface area contributed by atoms with E-state index >= 15 is 0 Å². The summed E-state index contributed by atoms with van der Waals surface area (Å²) in [6.45, 7) is 7.23. The second kappa shape index (κ2) is 8.21. The van der Waals surface area contributed by atoms with E-state index in [1.54, 1.807) is 17.0 Å². The van der Waals surface area contributed by atoms with Crippen molar-refractivity contribution >= 4 is 27.5 Å². The molecule has 2 amide bonds. The molecule has 0 aliphatic carbocycles. The topological polar surface area (TPSA) is 86.8 Å². The predicted octanol–water partition coefficient (Wildman–Crippen LogP) is 1.91. The smallest absolute Gasteiger partial charge is 0.240 e. The van der Waals surface area contributed by atoms with Gasteiger partial charge in [0.1, 0.15) is 0 Å². The Hall–Kier alpha value is -1.93. The zero-order chi connectivity index (χ0) is 20.5. The molecule has 0 unspecified atom stereocenters. The van der Waals surface area contributed by atoms with Crippen LogP contribution >= 0.6 is 0 Å². The van der Waals surface area contributed by atoms with E-state index in [1.165, 1.54) is 13.0 Å². The first-order valence-electron chi connectivity index (χ1n) is 9.89. The van der Waals surface area contributed by atoms with Gasteiger partial charge in [-0.2, -0.15) is 0 Å². The third-order valence-electron chi connectivity index (χ3n) is 5.68. The van der Waals surface area contributed by atoms with Gasteiger partial charge in [-0.3, -0.25) is 9.59 Å². The third kappa shape index (κ3) is 4.38. The average Bonchev–Trinajstić information content (AvgIpc) is 2.97. The third-order valence-corrected chi connectivity index (χ3v) is 7.14. The summed E-state index contributed by atoms with van der Waals surface area (Å²) in [4.78, 5) is 27.8. The van der Waals surface area contributed by atoms with Gasteiger partial charge in [0.25, 0.3) is 0 Å². The van der Waals surface area contributed by atoms with Crippen LogP contribution in [-0.2, 0) is 26.0 Å². The molecule has 1 aromatic rings. The van der Waals surface area contributed by atoms with Gasteiger partial charge < -0.3 is 9.80 Å². The molecule has 0 spiro atoms. The Balaban J connectivity index is 1.60. The second-order valence-corrected chi connectivity index (χ2v) is 9.71. The van der Waals surface area contributed by atoms with Crippen LogP contribution in [-0.4, -0.2) is 50.8 Å². The van der Waals surface area contributed by atoms with Gasteiger partial charge in [0.15, 0.2) is 0 Å². The highest BCUT2D eigenvalue weighted by Crippen LogP contribution is 2.33. The van der Waals surface area contributed by atoms with E-state index in [-0.39, 0.29) is 35.7 Å². The van der Waals surface area contributed by atoms with E-state index in [9.17, 15) is 18.0 Å². The van der Waals surface area contributed by atoms with Gasteiger partial charge in [0.2, 0.25) is 21.8 Å². The summed E-state index contributed by atoms with van der Waals surface area (Å²) in [6, 6.07) is 4.85. The van der Waals surface area contributed by atoms with Crippen LogP contribution in [0.2, 0.25) is 0 Å². The maximum absolute atomic E-state index is 12.6. The van der Waals surface area contributed by atoms with Gasteiger partial charge in [-0.1, -0.05) is 6.92 Å². The van der Waals surface area contributed by atoms with Crippen molar-refractivity contribution in [3.05, 3.63) is 23.8 Å². The molecule has 154 valence electrons. The Kier molecular flexibility index (Phi) is 6.09. The van der Waals surface area contributed by atoms with Crippen LogP contribution in [0.5, 0.6) is 0 Å². The Morgan fingerprint density at radius 2 is 1.86 bits per heavy atom. The molecule has 0 bridgehead atoms. The largest absolute Gasteiger partial charge is 0.343 e. The zero-order valence-electron chi connectivity index (χ0n) is 16.8. The molecule has 1 atom stereocenters. The summed E-state index contributed by atoms with van der Waals surface area (Å²) in [7, 11) is -3.70. The summed E-state index contributed by atoms with van der Waals surface area (Å²) in [5.41, 5.74) is 1.62. The summed E-state index contributed by atoms with van der Waals surface area (Å²) < 4.78 is 27.8. The zero-order valence-corrected chi connectivity index (χ0v) is 17.6. The van der Waals surface area contributed by atoms with Gasteiger partial charge in [0, 0.05) is 44.7 Å². The number of hydrogen-bond acceptors (Lipinski definition) is 4. The number of nitrogens with one attached hydrogen (secondary N) is 1. The Morgan fingerprint density at radius 1 is 1.18 bits per heavy atom. The minimum absolute atomic E-state index is 0.00511. The molecule has 2 heterocycles. The molecule has 2 aliphatic heterocycles. The van der Waals surface area contributed by atoms with Crippen molar-refractivity contribution in [2.75, 3.05) is 24.5 Å². The van der Waals surface area contributed by atoms with E-state index in [2.05, 4.69) is 11.6 Å². The first-order valence-corrected chi connectivity index (χ1v) is 11.4. The van der Waals surface area contributed by atoms with Crippen LogP contribution in [0.1, 0.15) is 45.6 Å². The number of sulfonamides is 1. The van der Waals surface area contributed by atoms with Crippen LogP contribution in [0.25, 0.3) is 0 Å². The van der Waals surface area contributed by atoms with Crippen molar-refractivity contribution in [1.82, 2.24) is 9.62 Å². The molecule has 0 saturated carbocycles. The number of anilines is 1. The van der Waals surface area contributed by atoms with Crippen LogP contribution in [0.3, 0.4) is 0 Å². The highest BCUT2D eigenvalue weighted by atomic mass is 32.2. The molecule has 28 heavy (non-hydrogen) atoms. The van der Waals surface area contributed by atoms with E-state index in [1.807, 2.05) is 11.8 Å². The minimum Gasteiger partial charge on any atom is -0.343 e. The molecule has 2 aliphatic rings. The van der Waals surface area contributed by atoms with Gasteiger partial charge in [-0.15, -0.1) is 0 Å². The molecule has 0 aromatic heterocycles. The summed E-state index contributed by atoms with van der Waals surface area (Å²) in [5, 5.41) is 0. The number of amides is 2. The number of carbonyl (C=O) groups excluding carboxylic acids is 2. The first-order chi connectivity index (χ1) is 13.2. The van der Waals surface area contributed by atoms with Crippen molar-refractivity contribution in [3.8, 4) is 0 Å². The Labute approximate surface area is 167 Å². The number of benzene rings is 1. The fourth-order valence-electron chi connectivity index (χ4n) is 4.05. The minimum atomic E-state index is -3.70. The number of carbonyl (C=O) groups is 2. The molecular formula is C20H29N3O4S. The molecule has 1 N–H and O–H groups in total. The molecule has 7 nitrogen and oxygen atoms in total. The second-order valence-electron chi connectivity index (χ2n) is 7.94. The normalized spacial score (nSPS) is 20.3. The van der Waals surface area contributed by atoms with Crippen molar-refractivity contribution in [2.45, 2.75) is 57.4 Å². The van der Waals surface area contributed by atoms with Crippen LogP contribution < -0.4 is 9.62 Å². The maximum atomic E-state index is 12.6. The standard InChI is InChI=1S/C20H29N3O4S/c1-14-7-10-22(11-8-14)20(25)6-9-21-28(26,27)18-4-5-19-17(13-18)12-15(2)23(19)16(3)24/h4-5,13-15,21H,6-12H2,1-3H3/t15-/m0/s1. The monoisotopic (exact) mass is 407 g/mol. The Bertz CT molecular complexity index is 860. The number of rotatable bonds is 5. The predicted molar refractivity (Wildman–Crippen MR) is 108 cm³/mol. The lowest BCUT2D eigenvalue weighted by molar-refractivity contribution is -0.132. The van der Waals surface area contributed by atoms with Crippen molar-refractivity contribution in [1.29, 1.82) is 0 Å². The molecule has 1 saturated heterocycles. The van der Waals surface area contributed by atoms with E-state index in [0.29, 0.717) is 12.3 Å². The molecule has 3 rings (SSSR count). The molecular weight excluding hydrogens is 378 g/mol. The average molecular weight is 408 g/mol. The van der Waals surface area contributed by atoms with Crippen LogP contribution in [0.15, 0.2) is 23.1 Å². The first kappa shape index (κ1) is 20.8. The lowest BCUT2D eigenvalue weighted by atomic mass is 9.99. The molecule has 1 aromatic carbocycles. The van der Waals surface area contributed by atoms with Crippen molar-refractivity contribution in [2.24, 2.45) is 5.92 Å². The fourth-order valence-corrected chi connectivity index (χ4v) is 5.13. The van der Waals surface area contributed by atoms with Crippen molar-refractivity contribution < 1.29 is 18.0 Å². The SMILES string of the molecule is CC(=O)N1c2ccc(S(=O)(=O)NCCC(=O)N3CCC(C)CC3)cc2C[C@@H]1C. The lowest BCUT2D eigenvalue weighted by Gasteiger charge is -2.30. The number of hydrogen-bond donors (Lipinski definition) is 1. The summed E-state index contributed by atoms with van der Waals surface area (Å²) in [6.07, 6.45) is 2.79. The molecule has 0 radical (unpaired) electrons. The van der Waals surface area contributed by atoms with Gasteiger partial charge in [-0.25, -0.2) is 13.1 Å². The Morgan fingerprint density at radius 3 is 2.50 bits per heavy atom. The number of nitrogens with zero attached hydrogens (tertiary/aromatic N) is 2. The lowest BCUT2D eigenvalue weighted by Crippen LogP contribution is -2.39. The maximum Gasteiger partial charge on any atom is 0.240 e. The molecule has 8 heteroatoms. The quantitative estimate of drug-likeness (QED) is 0.808. The molecule has 1 fully saturated rings. The van der Waals surface area contributed by atoms with E-state index in [0.717, 1.165) is 37.2 Å². The number of piperidine rings is 1. The number of likely N-dealkylation sites (tertiary alicyclic amines) is 1. The van der Waals surface area contributed by atoms with E-state index in [4.69, 9.17) is 0 Å². The van der Waals surface area contributed by atoms with Gasteiger partial charge in [-0.05, 0) is 55.9 Å². The highest BCUT2D eigenvalue weighted by molar-refractivity contribution is 7.89. The summed E-state index contributed by atoms with van der Waals surface area (Å²) >= 11 is 0.